The van der Waals surface area contributed by atoms with Crippen molar-refractivity contribution in [3.8, 4) is 0 Å². The van der Waals surface area contributed by atoms with Crippen molar-refractivity contribution in [1.82, 2.24) is 9.97 Å². The number of hydrogen-bond acceptors (Lipinski definition) is 5. The normalized spacial score (nSPS) is 13.0. The summed E-state index contributed by atoms with van der Waals surface area (Å²) in [5, 5.41) is 6.73. The van der Waals surface area contributed by atoms with Crippen LogP contribution in [0.2, 0.25) is 0 Å². The van der Waals surface area contributed by atoms with Gasteiger partial charge in [-0.2, -0.15) is 0 Å². The molecule has 5 heteroatoms. The van der Waals surface area contributed by atoms with Gasteiger partial charge in [0.2, 0.25) is 0 Å². The molecule has 0 aromatic carbocycles. The fourth-order valence-electron chi connectivity index (χ4n) is 1.84. The van der Waals surface area contributed by atoms with Crippen LogP contribution in [0.25, 0.3) is 0 Å². The molecule has 0 bridgehead atoms. The molecular formula is C16H30N4O. The van der Waals surface area contributed by atoms with E-state index in [1.165, 1.54) is 0 Å². The number of nitrogens with one attached hydrogen (secondary N) is 2. The Kier molecular flexibility index (Phi) is 6.89. The van der Waals surface area contributed by atoms with E-state index in [1.807, 2.05) is 6.07 Å². The minimum atomic E-state index is -0.0710. The van der Waals surface area contributed by atoms with Crippen LogP contribution < -0.4 is 10.6 Å². The molecule has 0 aliphatic heterocycles. The third-order valence-corrected chi connectivity index (χ3v) is 3.04. The SMILES string of the molecule is CCCNc1cc(NCC(C)COC)nc(C(C)(C)C)n1. The second-order valence-electron chi connectivity index (χ2n) is 6.58. The van der Waals surface area contributed by atoms with E-state index in [9.17, 15) is 0 Å². The van der Waals surface area contributed by atoms with Gasteiger partial charge < -0.3 is 15.4 Å². The summed E-state index contributed by atoms with van der Waals surface area (Å²) < 4.78 is 5.16. The Hall–Kier alpha value is -1.36. The van der Waals surface area contributed by atoms with Crippen LogP contribution in [0.15, 0.2) is 6.07 Å². The molecule has 1 rings (SSSR count). The van der Waals surface area contributed by atoms with E-state index in [0.29, 0.717) is 5.92 Å². The smallest absolute Gasteiger partial charge is 0.138 e. The molecule has 2 N–H and O–H groups in total. The number of methoxy groups -OCH3 is 1. The van der Waals surface area contributed by atoms with Crippen molar-refractivity contribution in [3.05, 3.63) is 11.9 Å². The fraction of sp³-hybridized carbons (Fsp3) is 0.750. The van der Waals surface area contributed by atoms with Crippen LogP contribution >= 0.6 is 0 Å². The summed E-state index contributed by atoms with van der Waals surface area (Å²) in [6.07, 6.45) is 1.07. The predicted octanol–water partition coefficient (Wildman–Crippen LogP) is 3.29. The molecule has 5 nitrogen and oxygen atoms in total. The van der Waals surface area contributed by atoms with Crippen molar-refractivity contribution in [2.24, 2.45) is 5.92 Å². The Balaban J connectivity index is 2.85. The highest BCUT2D eigenvalue weighted by Crippen LogP contribution is 2.22. The Morgan fingerprint density at radius 3 is 2.33 bits per heavy atom. The summed E-state index contributed by atoms with van der Waals surface area (Å²) in [6.45, 7) is 13.2. The molecule has 0 saturated carbocycles. The van der Waals surface area contributed by atoms with Gasteiger partial charge in [0.25, 0.3) is 0 Å². The summed E-state index contributed by atoms with van der Waals surface area (Å²) in [4.78, 5) is 9.26. The second-order valence-corrected chi connectivity index (χ2v) is 6.58. The van der Waals surface area contributed by atoms with Gasteiger partial charge in [-0.3, -0.25) is 0 Å². The maximum absolute atomic E-state index is 5.16. The zero-order valence-electron chi connectivity index (χ0n) is 14.3. The molecule has 0 spiro atoms. The van der Waals surface area contributed by atoms with Crippen molar-refractivity contribution in [3.63, 3.8) is 0 Å². The lowest BCUT2D eigenvalue weighted by molar-refractivity contribution is 0.164. The maximum Gasteiger partial charge on any atom is 0.138 e. The molecule has 1 atom stereocenters. The first-order valence-electron chi connectivity index (χ1n) is 7.73. The molecule has 0 fully saturated rings. The predicted molar refractivity (Wildman–Crippen MR) is 89.0 cm³/mol. The number of ether oxygens (including phenoxy) is 1. The lowest BCUT2D eigenvalue weighted by Gasteiger charge is -2.20. The van der Waals surface area contributed by atoms with E-state index in [-0.39, 0.29) is 5.41 Å². The third kappa shape index (κ3) is 6.29. The topological polar surface area (TPSA) is 59.1 Å². The molecule has 0 radical (unpaired) electrons. The average Bonchev–Trinajstić information content (AvgIpc) is 2.42. The van der Waals surface area contributed by atoms with Crippen molar-refractivity contribution >= 4 is 11.6 Å². The van der Waals surface area contributed by atoms with Crippen LogP contribution in [0.4, 0.5) is 11.6 Å². The average molecular weight is 294 g/mol. The van der Waals surface area contributed by atoms with Gasteiger partial charge in [-0.25, -0.2) is 9.97 Å². The molecule has 1 unspecified atom stereocenters. The molecular weight excluding hydrogens is 264 g/mol. The second kappa shape index (κ2) is 8.17. The summed E-state index contributed by atoms with van der Waals surface area (Å²) in [5.74, 6) is 3.05. The molecule has 0 saturated heterocycles. The van der Waals surface area contributed by atoms with Crippen LogP contribution in [0.5, 0.6) is 0 Å². The van der Waals surface area contributed by atoms with Crippen LogP contribution in [0.1, 0.15) is 46.9 Å². The number of hydrogen-bond donors (Lipinski definition) is 2. The van der Waals surface area contributed by atoms with E-state index >= 15 is 0 Å². The minimum absolute atomic E-state index is 0.0710. The molecule has 1 heterocycles. The van der Waals surface area contributed by atoms with E-state index in [4.69, 9.17) is 4.74 Å². The van der Waals surface area contributed by atoms with Crippen LogP contribution in [-0.2, 0) is 10.2 Å². The summed E-state index contributed by atoms with van der Waals surface area (Å²) in [6, 6.07) is 1.98. The van der Waals surface area contributed by atoms with Gasteiger partial charge in [0, 0.05) is 31.7 Å². The summed E-state index contributed by atoms with van der Waals surface area (Å²) in [7, 11) is 1.73. The third-order valence-electron chi connectivity index (χ3n) is 3.04. The highest BCUT2D eigenvalue weighted by molar-refractivity contribution is 5.48. The Morgan fingerprint density at radius 1 is 1.19 bits per heavy atom. The van der Waals surface area contributed by atoms with E-state index in [2.05, 4.69) is 55.2 Å². The highest BCUT2D eigenvalue weighted by atomic mass is 16.5. The van der Waals surface area contributed by atoms with E-state index in [0.717, 1.165) is 43.6 Å². The summed E-state index contributed by atoms with van der Waals surface area (Å²) >= 11 is 0. The lowest BCUT2D eigenvalue weighted by atomic mass is 9.96. The highest BCUT2D eigenvalue weighted by Gasteiger charge is 2.19. The molecule has 21 heavy (non-hydrogen) atoms. The monoisotopic (exact) mass is 294 g/mol. The first kappa shape index (κ1) is 17.7. The zero-order chi connectivity index (χ0) is 15.9. The maximum atomic E-state index is 5.16. The molecule has 0 aliphatic carbocycles. The van der Waals surface area contributed by atoms with Gasteiger partial charge in [-0.05, 0) is 12.3 Å². The van der Waals surface area contributed by atoms with Crippen molar-refractivity contribution < 1.29 is 4.74 Å². The van der Waals surface area contributed by atoms with Crippen LogP contribution in [0, 0.1) is 5.92 Å². The van der Waals surface area contributed by atoms with Crippen molar-refractivity contribution in [1.29, 1.82) is 0 Å². The fourth-order valence-corrected chi connectivity index (χ4v) is 1.84. The van der Waals surface area contributed by atoms with Crippen LogP contribution in [0.3, 0.4) is 0 Å². The quantitative estimate of drug-likeness (QED) is 0.770. The zero-order valence-corrected chi connectivity index (χ0v) is 14.3. The number of rotatable bonds is 8. The minimum Gasteiger partial charge on any atom is -0.384 e. The number of anilines is 2. The van der Waals surface area contributed by atoms with Gasteiger partial charge >= 0.3 is 0 Å². The molecule has 0 aliphatic rings. The Labute approximate surface area is 128 Å². The van der Waals surface area contributed by atoms with Gasteiger partial charge in [0.05, 0.1) is 6.61 Å². The van der Waals surface area contributed by atoms with Crippen molar-refractivity contribution in [2.45, 2.75) is 46.5 Å². The largest absolute Gasteiger partial charge is 0.384 e. The van der Waals surface area contributed by atoms with Crippen LogP contribution in [-0.4, -0.2) is 36.8 Å². The van der Waals surface area contributed by atoms with Gasteiger partial charge in [-0.1, -0.05) is 34.6 Å². The number of aromatic nitrogens is 2. The van der Waals surface area contributed by atoms with Gasteiger partial charge in [0.1, 0.15) is 17.5 Å². The molecule has 1 aromatic heterocycles. The lowest BCUT2D eigenvalue weighted by Crippen LogP contribution is -2.21. The van der Waals surface area contributed by atoms with Crippen molar-refractivity contribution in [2.75, 3.05) is 37.4 Å². The Morgan fingerprint density at radius 2 is 1.81 bits per heavy atom. The summed E-state index contributed by atoms with van der Waals surface area (Å²) in [5.41, 5.74) is -0.0710. The Bertz CT molecular complexity index is 429. The molecule has 0 amide bonds. The number of nitrogens with zero attached hydrogens (tertiary/aromatic N) is 2. The molecule has 120 valence electrons. The van der Waals surface area contributed by atoms with E-state index in [1.54, 1.807) is 7.11 Å². The van der Waals surface area contributed by atoms with E-state index < -0.39 is 0 Å². The van der Waals surface area contributed by atoms with Gasteiger partial charge in [0.15, 0.2) is 0 Å². The first-order chi connectivity index (χ1) is 9.86. The standard InChI is InChI=1S/C16H30N4O/c1-7-8-17-13-9-14(18-10-12(2)11-21-6)20-15(19-13)16(3,4)5/h9,12H,7-8,10-11H2,1-6H3,(H2,17,18,19,20). The first-order valence-corrected chi connectivity index (χ1v) is 7.73. The van der Waals surface area contributed by atoms with Gasteiger partial charge in [-0.15, -0.1) is 0 Å². The molecule has 1 aromatic rings.